The van der Waals surface area contributed by atoms with Crippen LogP contribution < -0.4 is 10.1 Å². The minimum atomic E-state index is -1.10. The number of anilines is 2. The first-order valence-electron chi connectivity index (χ1n) is 10.1. The van der Waals surface area contributed by atoms with Gasteiger partial charge in [0.25, 0.3) is 5.88 Å². The van der Waals surface area contributed by atoms with E-state index in [1.54, 1.807) is 10.9 Å². The largest absolute Gasteiger partial charge is 0.475 e. The molecule has 29 heavy (non-hydrogen) atoms. The Labute approximate surface area is 167 Å². The molecular formula is C19H24FN7O2. The molecule has 9 nitrogen and oxygen atoms in total. The smallest absolute Gasteiger partial charge is 0.257 e. The van der Waals surface area contributed by atoms with Gasteiger partial charge in [-0.2, -0.15) is 10.1 Å². The Hall–Kier alpha value is -2.75. The molecule has 3 aromatic heterocycles. The number of aryl methyl sites for hydroxylation is 2. The molecule has 1 fully saturated rings. The number of aromatic nitrogens is 6. The Kier molecular flexibility index (Phi) is 4.57. The molecule has 0 aromatic carbocycles. The Morgan fingerprint density at radius 1 is 1.31 bits per heavy atom. The number of nitrogens with zero attached hydrogens (tertiary/aromatic N) is 6. The van der Waals surface area contributed by atoms with Gasteiger partial charge in [-0.05, 0) is 19.8 Å². The van der Waals surface area contributed by atoms with Crippen LogP contribution in [0.25, 0.3) is 11.0 Å². The normalized spacial score (nSPS) is 22.0. The molecule has 2 atom stereocenters. The highest BCUT2D eigenvalue weighted by atomic mass is 19.1. The van der Waals surface area contributed by atoms with Crippen LogP contribution in [0.5, 0.6) is 5.88 Å². The van der Waals surface area contributed by atoms with Gasteiger partial charge in [0.2, 0.25) is 5.95 Å². The van der Waals surface area contributed by atoms with Crippen LogP contribution in [0.15, 0.2) is 6.20 Å². The van der Waals surface area contributed by atoms with Gasteiger partial charge in [0, 0.05) is 25.8 Å². The first-order chi connectivity index (χ1) is 14.2. The van der Waals surface area contributed by atoms with Crippen molar-refractivity contribution in [3.63, 3.8) is 0 Å². The van der Waals surface area contributed by atoms with Gasteiger partial charge < -0.3 is 14.8 Å². The lowest BCUT2D eigenvalue weighted by Crippen LogP contribution is -2.32. The number of nitrogens with one attached hydrogen (secondary N) is 1. The second-order valence-corrected chi connectivity index (χ2v) is 7.44. The first kappa shape index (κ1) is 18.3. The van der Waals surface area contributed by atoms with Gasteiger partial charge in [-0.1, -0.05) is 6.92 Å². The van der Waals surface area contributed by atoms with Crippen LogP contribution in [0.3, 0.4) is 0 Å². The van der Waals surface area contributed by atoms with Crippen molar-refractivity contribution in [2.24, 2.45) is 0 Å². The highest BCUT2D eigenvalue weighted by molar-refractivity contribution is 5.79. The number of rotatable bonds is 2. The van der Waals surface area contributed by atoms with Gasteiger partial charge in [-0.25, -0.2) is 14.1 Å². The van der Waals surface area contributed by atoms with Crippen molar-refractivity contribution in [1.29, 1.82) is 0 Å². The third kappa shape index (κ3) is 3.11. The predicted octanol–water partition coefficient (Wildman–Crippen LogP) is 2.72. The van der Waals surface area contributed by atoms with Crippen molar-refractivity contribution in [1.82, 2.24) is 29.5 Å². The summed E-state index contributed by atoms with van der Waals surface area (Å²) in [6.07, 6.45) is 2.69. The Balaban J connectivity index is 1.60. The molecular weight excluding hydrogens is 377 g/mol. The van der Waals surface area contributed by atoms with Crippen molar-refractivity contribution in [2.75, 3.05) is 25.1 Å². The summed E-state index contributed by atoms with van der Waals surface area (Å²) >= 11 is 0. The second kappa shape index (κ2) is 7.25. The molecule has 0 radical (unpaired) electrons. The lowest BCUT2D eigenvalue weighted by Gasteiger charge is -2.27. The van der Waals surface area contributed by atoms with E-state index >= 15 is 0 Å². The minimum Gasteiger partial charge on any atom is -0.475 e. The summed E-state index contributed by atoms with van der Waals surface area (Å²) in [6, 6.07) is -0.364. The zero-order valence-electron chi connectivity index (χ0n) is 16.6. The van der Waals surface area contributed by atoms with Gasteiger partial charge in [0.05, 0.1) is 36.0 Å². The number of hydrogen-bond acceptors (Lipinski definition) is 7. The van der Waals surface area contributed by atoms with Crippen molar-refractivity contribution in [3.8, 4) is 5.88 Å². The zero-order valence-corrected chi connectivity index (χ0v) is 16.6. The van der Waals surface area contributed by atoms with E-state index in [2.05, 4.69) is 25.5 Å². The minimum absolute atomic E-state index is 0.0930. The molecule has 3 aromatic rings. The molecule has 10 heteroatoms. The van der Waals surface area contributed by atoms with Crippen LogP contribution in [0.1, 0.15) is 37.2 Å². The molecule has 2 aliphatic rings. The molecule has 154 valence electrons. The van der Waals surface area contributed by atoms with E-state index in [1.807, 2.05) is 18.5 Å². The van der Waals surface area contributed by atoms with Crippen molar-refractivity contribution in [2.45, 2.75) is 51.9 Å². The third-order valence-electron chi connectivity index (χ3n) is 5.54. The topological polar surface area (TPSA) is 91.9 Å². The highest BCUT2D eigenvalue weighted by Gasteiger charge is 2.32. The summed E-state index contributed by atoms with van der Waals surface area (Å²) < 4.78 is 29.5. The standard InChI is InChI=1S/C19H24FN7O2/c1-3-14-16-18(25-27(14)15-5-8-28-10-13(15)20)29-7-4-6-26-17-12(11(2)24-26)9-21-19(22-16)23-17/h9,13,15H,3-8,10H2,1-2H3,(H,21,22,23)/t13-,15-/m0/s1. The molecule has 5 heterocycles. The average molecular weight is 401 g/mol. The molecule has 1 saturated heterocycles. The van der Waals surface area contributed by atoms with Crippen LogP contribution in [0.4, 0.5) is 16.0 Å². The van der Waals surface area contributed by atoms with Crippen LogP contribution in [-0.4, -0.2) is 55.5 Å². The maximum atomic E-state index is 14.6. The van der Waals surface area contributed by atoms with Crippen LogP contribution in [0.2, 0.25) is 0 Å². The first-order valence-corrected chi connectivity index (χ1v) is 10.1. The molecule has 0 amide bonds. The maximum absolute atomic E-state index is 14.6. The number of hydrogen-bond donors (Lipinski definition) is 1. The Bertz CT molecular complexity index is 1050. The molecule has 2 aliphatic heterocycles. The average Bonchev–Trinajstić information content (AvgIpc) is 3.22. The number of halogens is 1. The Morgan fingerprint density at radius 3 is 3.03 bits per heavy atom. The summed E-state index contributed by atoms with van der Waals surface area (Å²) in [7, 11) is 0. The number of ether oxygens (including phenoxy) is 2. The Morgan fingerprint density at radius 2 is 2.21 bits per heavy atom. The SMILES string of the molecule is CCc1c2c(nn1[C@H]1CCOC[C@@H]1F)OCCCn1nc(C)c3cnc(nc31)N2. The van der Waals surface area contributed by atoms with Gasteiger partial charge >= 0.3 is 0 Å². The van der Waals surface area contributed by atoms with E-state index in [0.29, 0.717) is 50.1 Å². The quantitative estimate of drug-likeness (QED) is 0.706. The third-order valence-corrected chi connectivity index (χ3v) is 5.54. The van der Waals surface area contributed by atoms with Crippen LogP contribution in [-0.2, 0) is 17.7 Å². The van der Waals surface area contributed by atoms with Gasteiger partial charge in [-0.15, -0.1) is 5.10 Å². The fraction of sp³-hybridized carbons (Fsp3) is 0.579. The van der Waals surface area contributed by atoms with E-state index in [9.17, 15) is 4.39 Å². The molecule has 0 unspecified atom stereocenters. The maximum Gasteiger partial charge on any atom is 0.257 e. The van der Waals surface area contributed by atoms with E-state index in [1.165, 1.54) is 0 Å². The van der Waals surface area contributed by atoms with Crippen LogP contribution in [0, 0.1) is 6.92 Å². The second-order valence-electron chi connectivity index (χ2n) is 7.44. The zero-order chi connectivity index (χ0) is 20.0. The monoisotopic (exact) mass is 401 g/mol. The summed E-state index contributed by atoms with van der Waals surface area (Å²) in [6.45, 7) is 5.76. The van der Waals surface area contributed by atoms with Crippen molar-refractivity contribution >= 4 is 22.7 Å². The molecule has 0 spiro atoms. The van der Waals surface area contributed by atoms with Gasteiger partial charge in [-0.3, -0.25) is 4.68 Å². The van der Waals surface area contributed by atoms with E-state index in [4.69, 9.17) is 9.47 Å². The highest BCUT2D eigenvalue weighted by Crippen LogP contribution is 2.36. The molecule has 5 rings (SSSR count). The fourth-order valence-corrected chi connectivity index (χ4v) is 4.07. The predicted molar refractivity (Wildman–Crippen MR) is 104 cm³/mol. The molecule has 0 saturated carbocycles. The van der Waals surface area contributed by atoms with Crippen molar-refractivity contribution in [3.05, 3.63) is 17.6 Å². The number of fused-ring (bicyclic) bond motifs is 2. The van der Waals surface area contributed by atoms with E-state index in [-0.39, 0.29) is 12.6 Å². The molecule has 1 N–H and O–H groups in total. The lowest BCUT2D eigenvalue weighted by molar-refractivity contribution is -0.00118. The summed E-state index contributed by atoms with van der Waals surface area (Å²) in [4.78, 5) is 9.14. The summed E-state index contributed by atoms with van der Waals surface area (Å²) in [5, 5.41) is 13.4. The van der Waals surface area contributed by atoms with Gasteiger partial charge in [0.1, 0.15) is 11.9 Å². The van der Waals surface area contributed by atoms with E-state index in [0.717, 1.165) is 28.8 Å². The molecule has 2 bridgehead atoms. The van der Waals surface area contributed by atoms with Crippen molar-refractivity contribution < 1.29 is 13.9 Å². The van der Waals surface area contributed by atoms with E-state index < -0.39 is 6.17 Å². The molecule has 0 aliphatic carbocycles. The fourth-order valence-electron chi connectivity index (χ4n) is 4.07. The summed E-state index contributed by atoms with van der Waals surface area (Å²) in [5.74, 6) is 0.906. The number of alkyl halides is 1. The van der Waals surface area contributed by atoms with Gasteiger partial charge in [0.15, 0.2) is 5.65 Å². The lowest BCUT2D eigenvalue weighted by atomic mass is 10.1. The summed E-state index contributed by atoms with van der Waals surface area (Å²) in [5.41, 5.74) is 3.28. The van der Waals surface area contributed by atoms with Crippen LogP contribution >= 0.6 is 0 Å².